The van der Waals surface area contributed by atoms with Crippen molar-refractivity contribution in [1.29, 1.82) is 0 Å². The van der Waals surface area contributed by atoms with Gasteiger partial charge in [0.25, 0.3) is 0 Å². The zero-order valence-corrected chi connectivity index (χ0v) is 20.2. The Morgan fingerprint density at radius 3 is 2.14 bits per heavy atom. The molecule has 0 radical (unpaired) electrons. The van der Waals surface area contributed by atoms with Gasteiger partial charge in [0.2, 0.25) is 5.91 Å². The Hall–Kier alpha value is -2.65. The molecule has 1 amide bonds. The van der Waals surface area contributed by atoms with Crippen LogP contribution in [0.3, 0.4) is 0 Å². The fraction of sp³-hybridized carbons (Fsp3) is 0.500. The van der Waals surface area contributed by atoms with E-state index >= 15 is 0 Å². The summed E-state index contributed by atoms with van der Waals surface area (Å²) in [5, 5.41) is 4.08. The van der Waals surface area contributed by atoms with Crippen molar-refractivity contribution < 1.29 is 22.7 Å². The Morgan fingerprint density at radius 1 is 0.944 bits per heavy atom. The number of hydrogen-bond donors (Lipinski definition) is 1. The molecular formula is C26H34ClF3N4O2. The zero-order chi connectivity index (χ0) is 24.8. The molecule has 0 atom stereocenters. The van der Waals surface area contributed by atoms with Gasteiger partial charge in [-0.1, -0.05) is 19.0 Å². The second kappa shape index (κ2) is 12.5. The van der Waals surface area contributed by atoms with Crippen molar-refractivity contribution in [3.05, 3.63) is 53.6 Å². The maximum absolute atomic E-state index is 12.7. The summed E-state index contributed by atoms with van der Waals surface area (Å²) in [5.41, 5.74) is 1.91. The Balaban J connectivity index is 0.00000361. The predicted molar refractivity (Wildman–Crippen MR) is 138 cm³/mol. The number of carbonyl (C=O) groups excluding carboxylic acids is 1. The molecule has 0 unspecified atom stereocenters. The molecule has 2 aromatic carbocycles. The summed E-state index contributed by atoms with van der Waals surface area (Å²) in [5.74, 6) is -0.0629. The Kier molecular flexibility index (Phi) is 9.73. The first-order valence-electron chi connectivity index (χ1n) is 11.9. The Morgan fingerprint density at radius 2 is 1.56 bits per heavy atom. The zero-order valence-electron chi connectivity index (χ0n) is 19.4. The third-order valence-electron chi connectivity index (χ3n) is 6.51. The topological polar surface area (TPSA) is 48.1 Å². The SMILES string of the molecule is C.O=C(CCN1CCN(c2ccc(Cl)cc2)CC1)N1CCC(Nc2ccc(OC(F)(F)F)cc2)CC1. The largest absolute Gasteiger partial charge is 0.573 e. The van der Waals surface area contributed by atoms with Crippen LogP contribution in [0.4, 0.5) is 24.5 Å². The summed E-state index contributed by atoms with van der Waals surface area (Å²) in [6.07, 6.45) is -2.58. The van der Waals surface area contributed by atoms with Crippen LogP contribution in [-0.4, -0.2) is 73.9 Å². The van der Waals surface area contributed by atoms with Gasteiger partial charge in [0.05, 0.1) is 0 Å². The van der Waals surface area contributed by atoms with Crippen LogP contribution in [0.15, 0.2) is 48.5 Å². The van der Waals surface area contributed by atoms with E-state index in [9.17, 15) is 18.0 Å². The highest BCUT2D eigenvalue weighted by atomic mass is 35.5. The highest BCUT2D eigenvalue weighted by molar-refractivity contribution is 6.30. The number of rotatable bonds is 7. The van der Waals surface area contributed by atoms with Crippen molar-refractivity contribution in [2.75, 3.05) is 56.0 Å². The molecule has 198 valence electrons. The maximum atomic E-state index is 12.7. The van der Waals surface area contributed by atoms with Gasteiger partial charge >= 0.3 is 6.36 Å². The number of nitrogens with zero attached hydrogens (tertiary/aromatic N) is 3. The highest BCUT2D eigenvalue weighted by Crippen LogP contribution is 2.25. The van der Waals surface area contributed by atoms with Gasteiger partial charge in [0.15, 0.2) is 0 Å². The minimum atomic E-state index is -4.69. The summed E-state index contributed by atoms with van der Waals surface area (Å²) < 4.78 is 40.8. The fourth-order valence-corrected chi connectivity index (χ4v) is 4.68. The van der Waals surface area contributed by atoms with E-state index in [0.717, 1.165) is 56.3 Å². The Bertz CT molecular complexity index is 957. The van der Waals surface area contributed by atoms with E-state index in [0.29, 0.717) is 19.5 Å². The molecule has 36 heavy (non-hydrogen) atoms. The van der Waals surface area contributed by atoms with Gasteiger partial charge in [0.1, 0.15) is 5.75 Å². The second-order valence-electron chi connectivity index (χ2n) is 8.93. The molecule has 2 aliphatic heterocycles. The normalized spacial score (nSPS) is 17.4. The smallest absolute Gasteiger partial charge is 0.406 e. The van der Waals surface area contributed by atoms with Crippen LogP contribution < -0.4 is 15.0 Å². The van der Waals surface area contributed by atoms with Gasteiger partial charge in [-0.3, -0.25) is 9.69 Å². The number of ether oxygens (including phenoxy) is 1. The van der Waals surface area contributed by atoms with Crippen LogP contribution in [0.2, 0.25) is 5.02 Å². The van der Waals surface area contributed by atoms with Gasteiger partial charge in [-0.2, -0.15) is 0 Å². The standard InChI is InChI=1S/C25H30ClF3N4O2.CH4/c26-19-1-5-22(6-2-19)32-17-15-31(16-18-32)12-11-24(34)33-13-9-21(10-14-33)30-20-3-7-23(8-4-20)35-25(27,28)29;/h1-8,21,30H,9-18H2;1H4. The number of piperidine rings is 1. The summed E-state index contributed by atoms with van der Waals surface area (Å²) in [6, 6.07) is 13.8. The number of alkyl halides is 3. The van der Waals surface area contributed by atoms with E-state index in [2.05, 4.69) is 19.9 Å². The first-order valence-corrected chi connectivity index (χ1v) is 12.3. The van der Waals surface area contributed by atoms with Crippen LogP contribution in [0, 0.1) is 0 Å². The molecule has 1 N–H and O–H groups in total. The average Bonchev–Trinajstić information content (AvgIpc) is 2.84. The Labute approximate surface area is 215 Å². The predicted octanol–water partition coefficient (Wildman–Crippen LogP) is 5.49. The molecule has 0 bridgehead atoms. The van der Waals surface area contributed by atoms with E-state index in [1.54, 1.807) is 12.1 Å². The van der Waals surface area contributed by atoms with Crippen molar-refractivity contribution in [1.82, 2.24) is 9.80 Å². The molecule has 2 heterocycles. The number of amides is 1. The summed E-state index contributed by atoms with van der Waals surface area (Å²) in [7, 11) is 0. The number of carbonyl (C=O) groups is 1. The first-order chi connectivity index (χ1) is 16.7. The third kappa shape index (κ3) is 8.20. The minimum absolute atomic E-state index is 0. The molecule has 10 heteroatoms. The molecule has 0 aliphatic carbocycles. The molecule has 2 fully saturated rings. The first kappa shape index (κ1) is 27.9. The molecular weight excluding hydrogens is 493 g/mol. The molecule has 2 aliphatic rings. The van der Waals surface area contributed by atoms with Crippen molar-refractivity contribution in [2.45, 2.75) is 39.1 Å². The van der Waals surface area contributed by atoms with Gasteiger partial charge in [-0.25, -0.2) is 0 Å². The van der Waals surface area contributed by atoms with E-state index in [-0.39, 0.29) is 25.1 Å². The molecule has 2 saturated heterocycles. The monoisotopic (exact) mass is 526 g/mol. The second-order valence-corrected chi connectivity index (χ2v) is 9.36. The lowest BCUT2D eigenvalue weighted by Crippen LogP contribution is -2.48. The van der Waals surface area contributed by atoms with Crippen molar-refractivity contribution in [3.8, 4) is 5.75 Å². The number of piperazine rings is 1. The number of nitrogens with one attached hydrogen (secondary N) is 1. The van der Waals surface area contributed by atoms with Crippen molar-refractivity contribution >= 4 is 28.9 Å². The lowest BCUT2D eigenvalue weighted by molar-refractivity contribution is -0.274. The number of anilines is 2. The van der Waals surface area contributed by atoms with Crippen LogP contribution in [-0.2, 0) is 4.79 Å². The van der Waals surface area contributed by atoms with Crippen LogP contribution in [0.1, 0.15) is 26.7 Å². The number of benzene rings is 2. The summed E-state index contributed by atoms with van der Waals surface area (Å²) in [4.78, 5) is 19.3. The maximum Gasteiger partial charge on any atom is 0.573 e. The third-order valence-corrected chi connectivity index (χ3v) is 6.76. The molecule has 4 rings (SSSR count). The van der Waals surface area contributed by atoms with Gasteiger partial charge in [-0.05, 0) is 61.4 Å². The van der Waals surface area contributed by atoms with E-state index in [4.69, 9.17) is 11.6 Å². The molecule has 2 aromatic rings. The fourth-order valence-electron chi connectivity index (χ4n) is 4.56. The summed E-state index contributed by atoms with van der Waals surface area (Å²) in [6.45, 7) is 5.82. The molecule has 6 nitrogen and oxygen atoms in total. The van der Waals surface area contributed by atoms with Gasteiger partial charge in [0, 0.05) is 74.7 Å². The van der Waals surface area contributed by atoms with Gasteiger partial charge < -0.3 is 19.9 Å². The van der Waals surface area contributed by atoms with Gasteiger partial charge in [-0.15, -0.1) is 13.2 Å². The lowest BCUT2D eigenvalue weighted by atomic mass is 10.0. The average molecular weight is 527 g/mol. The highest BCUT2D eigenvalue weighted by Gasteiger charge is 2.31. The van der Waals surface area contributed by atoms with Crippen molar-refractivity contribution in [3.63, 3.8) is 0 Å². The molecule has 0 spiro atoms. The number of likely N-dealkylation sites (tertiary alicyclic amines) is 1. The van der Waals surface area contributed by atoms with Crippen LogP contribution in [0.5, 0.6) is 5.75 Å². The van der Waals surface area contributed by atoms with Crippen molar-refractivity contribution in [2.24, 2.45) is 0 Å². The quantitative estimate of drug-likeness (QED) is 0.517. The molecule has 0 aromatic heterocycles. The van der Waals surface area contributed by atoms with E-state index in [1.807, 2.05) is 29.2 Å². The van der Waals surface area contributed by atoms with E-state index < -0.39 is 6.36 Å². The molecule has 0 saturated carbocycles. The van der Waals surface area contributed by atoms with Crippen LogP contribution in [0.25, 0.3) is 0 Å². The lowest BCUT2D eigenvalue weighted by Gasteiger charge is -2.37. The number of hydrogen-bond acceptors (Lipinski definition) is 5. The minimum Gasteiger partial charge on any atom is -0.406 e. The number of halogens is 4. The van der Waals surface area contributed by atoms with E-state index in [1.165, 1.54) is 17.8 Å². The summed E-state index contributed by atoms with van der Waals surface area (Å²) >= 11 is 5.97. The van der Waals surface area contributed by atoms with Crippen LogP contribution >= 0.6 is 11.6 Å².